The molecular weight excluding hydrogens is 252 g/mol. The average molecular weight is 270 g/mol. The van der Waals surface area contributed by atoms with Gasteiger partial charge < -0.3 is 15.2 Å². The SMILES string of the molecule is CC(C)n1ccnc(N2Cc3ccc(N)cc3C2)c1=O. The second-order valence-corrected chi connectivity index (χ2v) is 5.44. The van der Waals surface area contributed by atoms with Crippen molar-refractivity contribution in [2.24, 2.45) is 0 Å². The summed E-state index contributed by atoms with van der Waals surface area (Å²) in [5.74, 6) is 0.510. The third-order valence-electron chi connectivity index (χ3n) is 3.66. The zero-order valence-electron chi connectivity index (χ0n) is 11.7. The van der Waals surface area contributed by atoms with E-state index in [1.807, 2.05) is 36.9 Å². The van der Waals surface area contributed by atoms with Crippen molar-refractivity contribution < 1.29 is 0 Å². The number of nitrogens with two attached hydrogens (primary N) is 1. The predicted octanol–water partition coefficient (Wildman–Crippen LogP) is 1.93. The van der Waals surface area contributed by atoms with Gasteiger partial charge in [0.2, 0.25) is 0 Å². The van der Waals surface area contributed by atoms with Crippen molar-refractivity contribution in [3.63, 3.8) is 0 Å². The Labute approximate surface area is 117 Å². The smallest absolute Gasteiger partial charge is 0.293 e. The summed E-state index contributed by atoms with van der Waals surface area (Å²) < 4.78 is 1.71. The lowest BCUT2D eigenvalue weighted by Crippen LogP contribution is -2.30. The summed E-state index contributed by atoms with van der Waals surface area (Å²) in [6.07, 6.45) is 3.42. The van der Waals surface area contributed by atoms with Gasteiger partial charge in [0.25, 0.3) is 5.56 Å². The second-order valence-electron chi connectivity index (χ2n) is 5.44. The van der Waals surface area contributed by atoms with Crippen LogP contribution < -0.4 is 16.2 Å². The van der Waals surface area contributed by atoms with E-state index >= 15 is 0 Å². The van der Waals surface area contributed by atoms with Crippen LogP contribution in [0.2, 0.25) is 0 Å². The molecule has 104 valence electrons. The molecule has 0 atom stereocenters. The minimum absolute atomic E-state index is 0.0386. The van der Waals surface area contributed by atoms with Crippen molar-refractivity contribution in [3.05, 3.63) is 52.1 Å². The molecule has 2 N–H and O–H groups in total. The van der Waals surface area contributed by atoms with Gasteiger partial charge in [-0.25, -0.2) is 4.98 Å². The minimum atomic E-state index is -0.0386. The molecule has 0 bridgehead atoms. The van der Waals surface area contributed by atoms with Crippen LogP contribution in [0.4, 0.5) is 11.5 Å². The monoisotopic (exact) mass is 270 g/mol. The molecule has 5 heteroatoms. The Bertz CT molecular complexity index is 705. The molecule has 1 aromatic carbocycles. The van der Waals surface area contributed by atoms with Gasteiger partial charge in [-0.1, -0.05) is 6.07 Å². The number of nitrogens with zero attached hydrogens (tertiary/aromatic N) is 3. The lowest BCUT2D eigenvalue weighted by atomic mass is 10.1. The lowest BCUT2D eigenvalue weighted by Gasteiger charge is -2.18. The van der Waals surface area contributed by atoms with Crippen molar-refractivity contribution in [2.45, 2.75) is 33.0 Å². The molecule has 0 saturated carbocycles. The maximum atomic E-state index is 12.4. The van der Waals surface area contributed by atoms with Crippen LogP contribution in [0.5, 0.6) is 0 Å². The standard InChI is InChI=1S/C15H18N4O/c1-10(2)19-6-5-17-14(15(19)20)18-8-11-3-4-13(16)7-12(11)9-18/h3-7,10H,8-9,16H2,1-2H3. The molecule has 1 aliphatic rings. The predicted molar refractivity (Wildman–Crippen MR) is 79.6 cm³/mol. The van der Waals surface area contributed by atoms with Crippen molar-refractivity contribution in [3.8, 4) is 0 Å². The summed E-state index contributed by atoms with van der Waals surface area (Å²) in [6.45, 7) is 5.37. The van der Waals surface area contributed by atoms with Gasteiger partial charge in [-0.15, -0.1) is 0 Å². The number of aromatic nitrogens is 2. The molecule has 0 spiro atoms. The number of hydrogen-bond donors (Lipinski definition) is 1. The van der Waals surface area contributed by atoms with Crippen LogP contribution >= 0.6 is 0 Å². The number of hydrogen-bond acceptors (Lipinski definition) is 4. The topological polar surface area (TPSA) is 64.2 Å². The van der Waals surface area contributed by atoms with Gasteiger partial charge in [0.15, 0.2) is 5.82 Å². The molecule has 1 aliphatic heterocycles. The highest BCUT2D eigenvalue weighted by atomic mass is 16.1. The molecule has 0 saturated heterocycles. The van der Waals surface area contributed by atoms with E-state index in [9.17, 15) is 4.79 Å². The van der Waals surface area contributed by atoms with Crippen molar-refractivity contribution in [1.29, 1.82) is 0 Å². The molecule has 0 aliphatic carbocycles. The van der Waals surface area contributed by atoms with Crippen LogP contribution in [0, 0.1) is 0 Å². The Morgan fingerprint density at radius 2 is 2.00 bits per heavy atom. The third-order valence-corrected chi connectivity index (χ3v) is 3.66. The third kappa shape index (κ3) is 2.05. The van der Waals surface area contributed by atoms with E-state index in [2.05, 4.69) is 4.98 Å². The van der Waals surface area contributed by atoms with E-state index in [-0.39, 0.29) is 11.6 Å². The Hall–Kier alpha value is -2.30. The van der Waals surface area contributed by atoms with E-state index in [1.54, 1.807) is 17.0 Å². The van der Waals surface area contributed by atoms with E-state index in [0.717, 1.165) is 5.69 Å². The van der Waals surface area contributed by atoms with Gasteiger partial charge in [-0.05, 0) is 37.1 Å². The highest BCUT2D eigenvalue weighted by molar-refractivity contribution is 5.52. The normalized spacial score (nSPS) is 13.8. The highest BCUT2D eigenvalue weighted by Gasteiger charge is 2.23. The van der Waals surface area contributed by atoms with Crippen molar-refractivity contribution in [1.82, 2.24) is 9.55 Å². The Morgan fingerprint density at radius 3 is 2.75 bits per heavy atom. The molecule has 2 heterocycles. The molecule has 5 nitrogen and oxygen atoms in total. The number of benzene rings is 1. The van der Waals surface area contributed by atoms with E-state index in [1.165, 1.54) is 11.1 Å². The molecule has 20 heavy (non-hydrogen) atoms. The Balaban J connectivity index is 1.97. The second kappa shape index (κ2) is 4.67. The molecule has 0 amide bonds. The molecule has 2 aromatic rings. The van der Waals surface area contributed by atoms with Gasteiger partial charge in [0.05, 0.1) is 0 Å². The van der Waals surface area contributed by atoms with E-state index in [4.69, 9.17) is 5.73 Å². The van der Waals surface area contributed by atoms with E-state index in [0.29, 0.717) is 18.9 Å². The summed E-state index contributed by atoms with van der Waals surface area (Å²) in [4.78, 5) is 18.7. The van der Waals surface area contributed by atoms with Crippen LogP contribution in [0.25, 0.3) is 0 Å². The molecule has 0 fully saturated rings. The lowest BCUT2D eigenvalue weighted by molar-refractivity contribution is 0.571. The average Bonchev–Trinajstić information content (AvgIpc) is 2.81. The van der Waals surface area contributed by atoms with Gasteiger partial charge >= 0.3 is 0 Å². The molecule has 1 aromatic heterocycles. The van der Waals surface area contributed by atoms with Crippen LogP contribution in [0.3, 0.4) is 0 Å². The maximum absolute atomic E-state index is 12.4. The molecule has 0 radical (unpaired) electrons. The van der Waals surface area contributed by atoms with E-state index < -0.39 is 0 Å². The first-order valence-electron chi connectivity index (χ1n) is 6.75. The van der Waals surface area contributed by atoms with Crippen LogP contribution in [0.1, 0.15) is 31.0 Å². The fourth-order valence-corrected chi connectivity index (χ4v) is 2.60. The summed E-state index contributed by atoms with van der Waals surface area (Å²) in [5, 5.41) is 0. The fraction of sp³-hybridized carbons (Fsp3) is 0.333. The van der Waals surface area contributed by atoms with Gasteiger partial charge in [-0.3, -0.25) is 4.79 Å². The Morgan fingerprint density at radius 1 is 1.25 bits per heavy atom. The quantitative estimate of drug-likeness (QED) is 0.847. The van der Waals surface area contributed by atoms with Gasteiger partial charge in [0, 0.05) is 37.2 Å². The zero-order chi connectivity index (χ0) is 14.3. The number of fused-ring (bicyclic) bond motifs is 1. The van der Waals surface area contributed by atoms with Crippen molar-refractivity contribution in [2.75, 3.05) is 10.6 Å². The molecule has 3 rings (SSSR count). The first-order valence-corrected chi connectivity index (χ1v) is 6.75. The summed E-state index contributed by atoms with van der Waals surface area (Å²) in [6, 6.07) is 6.02. The summed E-state index contributed by atoms with van der Waals surface area (Å²) >= 11 is 0. The van der Waals surface area contributed by atoms with Crippen molar-refractivity contribution >= 4 is 11.5 Å². The van der Waals surface area contributed by atoms with Crippen LogP contribution in [-0.4, -0.2) is 9.55 Å². The number of rotatable bonds is 2. The summed E-state index contributed by atoms with van der Waals surface area (Å²) in [5.41, 5.74) is 8.91. The van der Waals surface area contributed by atoms with Gasteiger partial charge in [0.1, 0.15) is 0 Å². The number of nitrogen functional groups attached to an aromatic ring is 1. The molecular formula is C15H18N4O. The maximum Gasteiger partial charge on any atom is 0.293 e. The van der Waals surface area contributed by atoms with Crippen LogP contribution in [0.15, 0.2) is 35.4 Å². The largest absolute Gasteiger partial charge is 0.399 e. The fourth-order valence-electron chi connectivity index (χ4n) is 2.60. The Kier molecular flexibility index (Phi) is 2.97. The minimum Gasteiger partial charge on any atom is -0.399 e. The summed E-state index contributed by atoms with van der Waals surface area (Å²) in [7, 11) is 0. The number of anilines is 2. The van der Waals surface area contributed by atoms with Gasteiger partial charge in [-0.2, -0.15) is 0 Å². The first kappa shape index (κ1) is 12.7. The first-order chi connectivity index (χ1) is 9.56. The molecule has 0 unspecified atom stereocenters. The highest BCUT2D eigenvalue weighted by Crippen LogP contribution is 2.26. The van der Waals surface area contributed by atoms with Crippen LogP contribution in [-0.2, 0) is 13.1 Å². The zero-order valence-corrected chi connectivity index (χ0v) is 11.7.